The van der Waals surface area contributed by atoms with E-state index in [0.29, 0.717) is 10.0 Å². The fourth-order valence-corrected chi connectivity index (χ4v) is 2.18. The van der Waals surface area contributed by atoms with Gasteiger partial charge in [-0.3, -0.25) is 0 Å². The van der Waals surface area contributed by atoms with Gasteiger partial charge in [0.15, 0.2) is 0 Å². The van der Waals surface area contributed by atoms with Gasteiger partial charge >= 0.3 is 74.3 Å². The molecule has 0 bridgehead atoms. The van der Waals surface area contributed by atoms with E-state index in [-0.39, 0.29) is 14.0 Å². The van der Waals surface area contributed by atoms with Crippen LogP contribution in [0.4, 0.5) is 0 Å². The Labute approximate surface area is 74.6 Å². The van der Waals surface area contributed by atoms with Gasteiger partial charge in [0.1, 0.15) is 0 Å². The average molecular weight is 236 g/mol. The maximum absolute atomic E-state index is 10.5. The number of rotatable bonds is 2. The Kier molecular flexibility index (Phi) is 2.94. The summed E-state index contributed by atoms with van der Waals surface area (Å²) in [5, 5.41) is 8.65. The molecular weight excluding hydrogens is 230 g/mol. The Bertz CT molecular complexity index is 275. The number of halogens is 1. The zero-order valence-corrected chi connectivity index (χ0v) is 7.92. The number of benzene rings is 1. The third-order valence-electron chi connectivity index (χ3n) is 1.20. The summed E-state index contributed by atoms with van der Waals surface area (Å²) in [6.07, 6.45) is 0. The van der Waals surface area contributed by atoms with Crippen LogP contribution in [0.25, 0.3) is 0 Å². The number of carbonyl (C=O) groups is 1. The summed E-state index contributed by atoms with van der Waals surface area (Å²) in [5.74, 6) is -0.914. The normalized spacial score (nSPS) is 9.55. The van der Waals surface area contributed by atoms with Crippen molar-refractivity contribution >= 4 is 34.6 Å². The molecule has 1 aromatic carbocycles. The molecule has 1 N–H and O–H groups in total. The molecule has 11 heavy (non-hydrogen) atoms. The molecule has 0 atom stereocenters. The molecule has 0 unspecified atom stereocenters. The van der Waals surface area contributed by atoms with Crippen molar-refractivity contribution in [1.82, 2.24) is 0 Å². The van der Waals surface area contributed by atoms with Crippen molar-refractivity contribution in [2.24, 2.45) is 0 Å². The van der Waals surface area contributed by atoms with Gasteiger partial charge in [0.25, 0.3) is 0 Å². The van der Waals surface area contributed by atoms with Crippen LogP contribution in [0.3, 0.4) is 0 Å². The van der Waals surface area contributed by atoms with E-state index in [1.165, 1.54) is 0 Å². The second-order valence-electron chi connectivity index (χ2n) is 1.88. The molecule has 0 aliphatic heterocycles. The first-order valence-electron chi connectivity index (χ1n) is 2.86. The summed E-state index contributed by atoms with van der Waals surface area (Å²) >= 11 is -0.269. The number of carboxylic acid groups (broad SMARTS) is 1. The molecule has 0 aromatic heterocycles. The van der Waals surface area contributed by atoms with Crippen molar-refractivity contribution in [3.8, 4) is 0 Å². The SMILES string of the molecule is O=C(O)c1ccccc1[Se]Cl. The number of hydrogen-bond donors (Lipinski definition) is 1. The minimum absolute atomic E-state index is 0.269. The average Bonchev–Trinajstić information content (AvgIpc) is 2.04. The molecule has 0 heterocycles. The van der Waals surface area contributed by atoms with Gasteiger partial charge in [-0.05, 0) is 0 Å². The predicted molar refractivity (Wildman–Crippen MR) is 44.6 cm³/mol. The van der Waals surface area contributed by atoms with Crippen LogP contribution in [0, 0.1) is 0 Å². The molecule has 0 saturated carbocycles. The van der Waals surface area contributed by atoms with Crippen molar-refractivity contribution < 1.29 is 9.90 Å². The standard InChI is InChI=1S/C7H5ClO2Se/c8-11-6-4-2-1-3-5(6)7(9)10/h1-4H,(H,9,10). The molecule has 0 aliphatic rings. The van der Waals surface area contributed by atoms with Gasteiger partial charge in [-0.15, -0.1) is 0 Å². The van der Waals surface area contributed by atoms with Crippen LogP contribution in [0.5, 0.6) is 0 Å². The van der Waals surface area contributed by atoms with E-state index in [2.05, 4.69) is 0 Å². The van der Waals surface area contributed by atoms with Crippen molar-refractivity contribution in [2.45, 2.75) is 0 Å². The van der Waals surface area contributed by atoms with Gasteiger partial charge in [0.05, 0.1) is 0 Å². The molecule has 58 valence electrons. The van der Waals surface area contributed by atoms with Gasteiger partial charge in [-0.2, -0.15) is 0 Å². The fraction of sp³-hybridized carbons (Fsp3) is 0. The molecule has 0 fully saturated rings. The van der Waals surface area contributed by atoms with Crippen molar-refractivity contribution in [3.63, 3.8) is 0 Å². The Morgan fingerprint density at radius 3 is 2.55 bits per heavy atom. The second kappa shape index (κ2) is 3.77. The van der Waals surface area contributed by atoms with E-state index >= 15 is 0 Å². The second-order valence-corrected chi connectivity index (χ2v) is 3.93. The molecule has 1 aromatic rings. The molecule has 4 heteroatoms. The predicted octanol–water partition coefficient (Wildman–Crippen LogP) is 0.868. The monoisotopic (exact) mass is 236 g/mol. The quantitative estimate of drug-likeness (QED) is 0.773. The number of carboxylic acids is 1. The molecule has 0 aliphatic carbocycles. The van der Waals surface area contributed by atoms with Crippen molar-refractivity contribution in [3.05, 3.63) is 29.8 Å². The molecule has 0 saturated heterocycles. The molecule has 2 nitrogen and oxygen atoms in total. The van der Waals surface area contributed by atoms with E-state index in [1.807, 2.05) is 0 Å². The topological polar surface area (TPSA) is 37.3 Å². The zero-order chi connectivity index (χ0) is 8.27. The van der Waals surface area contributed by atoms with E-state index in [9.17, 15) is 4.79 Å². The molecule has 1 rings (SSSR count). The van der Waals surface area contributed by atoms with Crippen LogP contribution in [-0.2, 0) is 0 Å². The van der Waals surface area contributed by atoms with Crippen molar-refractivity contribution in [2.75, 3.05) is 0 Å². The van der Waals surface area contributed by atoms with Crippen LogP contribution in [0.1, 0.15) is 10.4 Å². The zero-order valence-electron chi connectivity index (χ0n) is 5.45. The minimum atomic E-state index is -0.914. The van der Waals surface area contributed by atoms with Crippen LogP contribution in [0.15, 0.2) is 24.3 Å². The van der Waals surface area contributed by atoms with E-state index < -0.39 is 5.97 Å². The first kappa shape index (κ1) is 8.59. The summed E-state index contributed by atoms with van der Waals surface area (Å²) in [7, 11) is 5.58. The van der Waals surface area contributed by atoms with Crippen molar-refractivity contribution in [1.29, 1.82) is 0 Å². The number of hydrogen-bond acceptors (Lipinski definition) is 1. The van der Waals surface area contributed by atoms with Gasteiger partial charge in [0, 0.05) is 0 Å². The van der Waals surface area contributed by atoms with Crippen LogP contribution in [0.2, 0.25) is 0 Å². The van der Waals surface area contributed by atoms with E-state index in [0.717, 1.165) is 0 Å². The van der Waals surface area contributed by atoms with Gasteiger partial charge < -0.3 is 0 Å². The summed E-state index contributed by atoms with van der Waals surface area (Å²) in [6, 6.07) is 6.76. The van der Waals surface area contributed by atoms with Crippen LogP contribution in [-0.4, -0.2) is 25.1 Å². The Morgan fingerprint density at radius 1 is 1.45 bits per heavy atom. The Balaban J connectivity index is 3.12. The first-order chi connectivity index (χ1) is 5.25. The summed E-state index contributed by atoms with van der Waals surface area (Å²) < 4.78 is 0.717. The molecule has 0 spiro atoms. The third kappa shape index (κ3) is 1.96. The summed E-state index contributed by atoms with van der Waals surface area (Å²) in [4.78, 5) is 10.5. The van der Waals surface area contributed by atoms with Gasteiger partial charge in [-0.25, -0.2) is 0 Å². The van der Waals surface area contributed by atoms with Crippen LogP contribution < -0.4 is 4.46 Å². The van der Waals surface area contributed by atoms with E-state index in [1.54, 1.807) is 24.3 Å². The number of aromatic carboxylic acids is 1. The third-order valence-corrected chi connectivity index (χ3v) is 3.16. The van der Waals surface area contributed by atoms with Gasteiger partial charge in [0.2, 0.25) is 0 Å². The van der Waals surface area contributed by atoms with E-state index in [4.69, 9.17) is 15.2 Å². The molecule has 0 amide bonds. The Morgan fingerprint density at radius 2 is 2.09 bits per heavy atom. The summed E-state index contributed by atoms with van der Waals surface area (Å²) in [6.45, 7) is 0. The maximum atomic E-state index is 10.5. The van der Waals surface area contributed by atoms with Gasteiger partial charge in [-0.1, -0.05) is 0 Å². The molecular formula is C7H5ClO2Se. The Hall–Kier alpha value is -0.501. The van der Waals surface area contributed by atoms with Crippen LogP contribution >= 0.6 is 10.1 Å². The summed E-state index contributed by atoms with van der Waals surface area (Å²) in [5.41, 5.74) is 0.308. The molecule has 0 radical (unpaired) electrons. The first-order valence-corrected chi connectivity index (χ1v) is 5.97. The fourth-order valence-electron chi connectivity index (χ4n) is 0.711.